The molecular formula is C13H15NO2. The molecule has 1 heterocycles. The Morgan fingerprint density at radius 3 is 2.25 bits per heavy atom. The van der Waals surface area contributed by atoms with E-state index in [1.807, 2.05) is 37.3 Å². The van der Waals surface area contributed by atoms with Gasteiger partial charge in [0.15, 0.2) is 0 Å². The van der Waals surface area contributed by atoms with Crippen molar-refractivity contribution in [2.75, 3.05) is 0 Å². The van der Waals surface area contributed by atoms with Gasteiger partial charge in [0.1, 0.15) is 0 Å². The summed E-state index contributed by atoms with van der Waals surface area (Å²) in [7, 11) is 0. The lowest BCUT2D eigenvalue weighted by atomic mass is 10.1. The van der Waals surface area contributed by atoms with Crippen LogP contribution in [0.4, 0.5) is 0 Å². The van der Waals surface area contributed by atoms with Gasteiger partial charge in [-0.3, -0.25) is 14.5 Å². The van der Waals surface area contributed by atoms with Crippen LogP contribution in [0.25, 0.3) is 0 Å². The second-order valence-electron chi connectivity index (χ2n) is 4.20. The van der Waals surface area contributed by atoms with Gasteiger partial charge >= 0.3 is 0 Å². The molecule has 1 atom stereocenters. The highest BCUT2D eigenvalue weighted by Crippen LogP contribution is 2.17. The fourth-order valence-corrected chi connectivity index (χ4v) is 2.13. The van der Waals surface area contributed by atoms with Crippen LogP contribution in [-0.2, 0) is 16.0 Å². The molecule has 1 aromatic carbocycles. The zero-order chi connectivity index (χ0) is 11.5. The number of nitrogens with zero attached hydrogens (tertiary/aromatic N) is 1. The average Bonchev–Trinajstić information content (AvgIpc) is 2.60. The average molecular weight is 217 g/mol. The van der Waals surface area contributed by atoms with E-state index in [4.69, 9.17) is 0 Å². The SMILES string of the molecule is C[C@@H](Cc1ccccc1)N1C(=O)CCC1=O. The maximum absolute atomic E-state index is 11.5. The molecule has 2 rings (SSSR count). The maximum atomic E-state index is 11.5. The number of imide groups is 1. The summed E-state index contributed by atoms with van der Waals surface area (Å²) < 4.78 is 0. The molecule has 0 N–H and O–H groups in total. The van der Waals surface area contributed by atoms with Crippen LogP contribution >= 0.6 is 0 Å². The molecule has 16 heavy (non-hydrogen) atoms. The molecule has 84 valence electrons. The van der Waals surface area contributed by atoms with Crippen LogP contribution in [0.2, 0.25) is 0 Å². The molecule has 0 unspecified atom stereocenters. The first kappa shape index (κ1) is 10.9. The van der Waals surface area contributed by atoms with Crippen molar-refractivity contribution in [3.63, 3.8) is 0 Å². The van der Waals surface area contributed by atoms with Crippen molar-refractivity contribution in [2.24, 2.45) is 0 Å². The molecule has 2 amide bonds. The molecule has 1 aliphatic heterocycles. The second-order valence-corrected chi connectivity index (χ2v) is 4.20. The Balaban J connectivity index is 2.06. The van der Waals surface area contributed by atoms with Crippen LogP contribution in [0.1, 0.15) is 25.3 Å². The van der Waals surface area contributed by atoms with Crippen molar-refractivity contribution in [1.29, 1.82) is 0 Å². The van der Waals surface area contributed by atoms with E-state index in [0.29, 0.717) is 12.8 Å². The molecule has 1 aromatic rings. The maximum Gasteiger partial charge on any atom is 0.229 e. The van der Waals surface area contributed by atoms with Gasteiger partial charge in [0.05, 0.1) is 0 Å². The number of likely N-dealkylation sites (tertiary alicyclic amines) is 1. The zero-order valence-electron chi connectivity index (χ0n) is 9.35. The summed E-state index contributed by atoms with van der Waals surface area (Å²) in [4.78, 5) is 24.5. The van der Waals surface area contributed by atoms with E-state index in [-0.39, 0.29) is 17.9 Å². The largest absolute Gasteiger partial charge is 0.279 e. The van der Waals surface area contributed by atoms with Crippen molar-refractivity contribution < 1.29 is 9.59 Å². The summed E-state index contributed by atoms with van der Waals surface area (Å²) in [5.41, 5.74) is 1.16. The van der Waals surface area contributed by atoms with Crippen LogP contribution in [0.15, 0.2) is 30.3 Å². The first-order chi connectivity index (χ1) is 7.68. The van der Waals surface area contributed by atoms with Crippen molar-refractivity contribution in [3.05, 3.63) is 35.9 Å². The Hall–Kier alpha value is -1.64. The number of hydrogen-bond donors (Lipinski definition) is 0. The lowest BCUT2D eigenvalue weighted by Gasteiger charge is -2.22. The fourth-order valence-electron chi connectivity index (χ4n) is 2.13. The Labute approximate surface area is 95.1 Å². The molecule has 0 radical (unpaired) electrons. The van der Waals surface area contributed by atoms with E-state index in [9.17, 15) is 9.59 Å². The number of benzene rings is 1. The van der Waals surface area contributed by atoms with Gasteiger partial charge in [0.25, 0.3) is 0 Å². The smallest absolute Gasteiger partial charge is 0.229 e. The first-order valence-corrected chi connectivity index (χ1v) is 5.57. The lowest BCUT2D eigenvalue weighted by Crippen LogP contribution is -2.38. The topological polar surface area (TPSA) is 37.4 Å². The molecule has 0 saturated carbocycles. The predicted octanol–water partition coefficient (Wildman–Crippen LogP) is 1.77. The molecule has 0 spiro atoms. The van der Waals surface area contributed by atoms with Crippen molar-refractivity contribution in [2.45, 2.75) is 32.2 Å². The minimum absolute atomic E-state index is 0.0339. The molecule has 0 aromatic heterocycles. The summed E-state index contributed by atoms with van der Waals surface area (Å²) in [6.07, 6.45) is 1.48. The van der Waals surface area contributed by atoms with Gasteiger partial charge in [0.2, 0.25) is 11.8 Å². The van der Waals surface area contributed by atoms with Gasteiger partial charge in [-0.05, 0) is 18.9 Å². The molecular weight excluding hydrogens is 202 g/mol. The number of amides is 2. The second kappa shape index (κ2) is 4.47. The van der Waals surface area contributed by atoms with Crippen LogP contribution < -0.4 is 0 Å². The Bertz CT molecular complexity index is 384. The number of rotatable bonds is 3. The van der Waals surface area contributed by atoms with Crippen LogP contribution in [0, 0.1) is 0 Å². The molecule has 1 fully saturated rings. The minimum Gasteiger partial charge on any atom is -0.279 e. The summed E-state index contributed by atoms with van der Waals surface area (Å²) >= 11 is 0. The number of carbonyl (C=O) groups excluding carboxylic acids is 2. The van der Waals surface area contributed by atoms with E-state index in [1.165, 1.54) is 4.90 Å². The standard InChI is InChI=1S/C13H15NO2/c1-10(9-11-5-3-2-4-6-11)14-12(15)7-8-13(14)16/h2-6,10H,7-9H2,1H3/t10-/m0/s1. The number of hydrogen-bond acceptors (Lipinski definition) is 2. The molecule has 3 nitrogen and oxygen atoms in total. The van der Waals surface area contributed by atoms with E-state index in [0.717, 1.165) is 12.0 Å². The third-order valence-corrected chi connectivity index (χ3v) is 2.90. The Morgan fingerprint density at radius 2 is 1.69 bits per heavy atom. The van der Waals surface area contributed by atoms with Crippen LogP contribution in [0.3, 0.4) is 0 Å². The van der Waals surface area contributed by atoms with E-state index >= 15 is 0 Å². The third-order valence-electron chi connectivity index (χ3n) is 2.90. The van der Waals surface area contributed by atoms with Crippen LogP contribution in [-0.4, -0.2) is 22.8 Å². The quantitative estimate of drug-likeness (QED) is 0.723. The molecule has 3 heteroatoms. The third kappa shape index (κ3) is 2.13. The van der Waals surface area contributed by atoms with Gasteiger partial charge in [-0.15, -0.1) is 0 Å². The summed E-state index contributed by atoms with van der Waals surface area (Å²) in [5, 5.41) is 0. The van der Waals surface area contributed by atoms with Crippen molar-refractivity contribution in [1.82, 2.24) is 4.90 Å². The summed E-state index contributed by atoms with van der Waals surface area (Å²) in [6.45, 7) is 1.92. The Morgan fingerprint density at radius 1 is 1.12 bits per heavy atom. The molecule has 0 aliphatic carbocycles. The first-order valence-electron chi connectivity index (χ1n) is 5.57. The lowest BCUT2D eigenvalue weighted by molar-refractivity contribution is -0.140. The molecule has 1 aliphatic rings. The van der Waals surface area contributed by atoms with Gasteiger partial charge in [-0.1, -0.05) is 30.3 Å². The van der Waals surface area contributed by atoms with Gasteiger partial charge < -0.3 is 0 Å². The summed E-state index contributed by atoms with van der Waals surface area (Å²) in [5.74, 6) is -0.0677. The number of carbonyl (C=O) groups is 2. The normalized spacial score (nSPS) is 17.9. The Kier molecular flexibility index (Phi) is 3.04. The van der Waals surface area contributed by atoms with E-state index in [1.54, 1.807) is 0 Å². The molecule has 0 bridgehead atoms. The summed E-state index contributed by atoms with van der Waals surface area (Å²) in [6, 6.07) is 9.89. The highest BCUT2D eigenvalue weighted by Gasteiger charge is 2.32. The van der Waals surface area contributed by atoms with Crippen molar-refractivity contribution in [3.8, 4) is 0 Å². The monoisotopic (exact) mass is 217 g/mol. The van der Waals surface area contributed by atoms with E-state index in [2.05, 4.69) is 0 Å². The molecule has 1 saturated heterocycles. The fraction of sp³-hybridized carbons (Fsp3) is 0.385. The van der Waals surface area contributed by atoms with Crippen molar-refractivity contribution >= 4 is 11.8 Å². The van der Waals surface area contributed by atoms with Gasteiger partial charge in [0, 0.05) is 18.9 Å². The zero-order valence-corrected chi connectivity index (χ0v) is 9.35. The van der Waals surface area contributed by atoms with E-state index < -0.39 is 0 Å². The highest BCUT2D eigenvalue weighted by atomic mass is 16.2. The van der Waals surface area contributed by atoms with Gasteiger partial charge in [-0.2, -0.15) is 0 Å². The minimum atomic E-state index is -0.0371. The van der Waals surface area contributed by atoms with Gasteiger partial charge in [-0.25, -0.2) is 0 Å². The predicted molar refractivity (Wildman–Crippen MR) is 60.7 cm³/mol. The van der Waals surface area contributed by atoms with Crippen LogP contribution in [0.5, 0.6) is 0 Å². The highest BCUT2D eigenvalue weighted by molar-refractivity contribution is 6.02.